The van der Waals surface area contributed by atoms with Crippen LogP contribution in [-0.4, -0.2) is 29.5 Å². The van der Waals surface area contributed by atoms with E-state index in [1.807, 2.05) is 42.1 Å². The molecule has 3 rings (SSSR count). The highest BCUT2D eigenvalue weighted by molar-refractivity contribution is 7.99. The SMILES string of the molecule is c1ccc(C2=N[C@H]3CSC[C@@H]3O2)cc1. The maximum atomic E-state index is 5.80. The van der Waals surface area contributed by atoms with E-state index in [9.17, 15) is 0 Å². The van der Waals surface area contributed by atoms with Crippen molar-refractivity contribution in [3.8, 4) is 0 Å². The Hall–Kier alpha value is -0.960. The van der Waals surface area contributed by atoms with Gasteiger partial charge >= 0.3 is 0 Å². The number of hydrogen-bond acceptors (Lipinski definition) is 3. The van der Waals surface area contributed by atoms with Gasteiger partial charge in [-0.3, -0.25) is 0 Å². The third-order valence-corrected chi connectivity index (χ3v) is 3.71. The van der Waals surface area contributed by atoms with Crippen molar-refractivity contribution in [1.82, 2.24) is 0 Å². The second kappa shape index (κ2) is 3.31. The van der Waals surface area contributed by atoms with Gasteiger partial charge in [0.1, 0.15) is 12.1 Å². The standard InChI is InChI=1S/C11H11NOS/c1-2-4-8(5-3-1)11-12-9-6-14-7-10(9)13-11/h1-5,9-10H,6-7H2/t9-,10-/m0/s1. The van der Waals surface area contributed by atoms with Gasteiger partial charge < -0.3 is 4.74 Å². The largest absolute Gasteiger partial charge is 0.471 e. The van der Waals surface area contributed by atoms with Crippen LogP contribution < -0.4 is 0 Å². The van der Waals surface area contributed by atoms with Crippen LogP contribution in [0.2, 0.25) is 0 Å². The lowest BCUT2D eigenvalue weighted by Crippen LogP contribution is -2.19. The van der Waals surface area contributed by atoms with E-state index in [0.717, 1.165) is 23.0 Å². The molecule has 0 saturated carbocycles. The Morgan fingerprint density at radius 1 is 1.21 bits per heavy atom. The third kappa shape index (κ3) is 1.32. The summed E-state index contributed by atoms with van der Waals surface area (Å²) >= 11 is 1.93. The van der Waals surface area contributed by atoms with Gasteiger partial charge in [-0.15, -0.1) is 0 Å². The molecule has 1 fully saturated rings. The number of aliphatic imine (C=N–C) groups is 1. The first kappa shape index (κ1) is 8.36. The summed E-state index contributed by atoms with van der Waals surface area (Å²) in [7, 11) is 0. The minimum absolute atomic E-state index is 0.329. The third-order valence-electron chi connectivity index (χ3n) is 2.57. The first-order valence-corrected chi connectivity index (χ1v) is 5.96. The zero-order valence-corrected chi connectivity index (χ0v) is 8.54. The molecule has 1 aromatic rings. The summed E-state index contributed by atoms with van der Waals surface area (Å²) in [6, 6.07) is 10.5. The molecule has 0 aromatic heterocycles. The first-order chi connectivity index (χ1) is 6.93. The van der Waals surface area contributed by atoms with Crippen molar-refractivity contribution in [1.29, 1.82) is 0 Å². The van der Waals surface area contributed by atoms with Crippen LogP contribution in [0.1, 0.15) is 5.56 Å². The van der Waals surface area contributed by atoms with Crippen LogP contribution in [0.25, 0.3) is 0 Å². The summed E-state index contributed by atoms with van der Waals surface area (Å²) in [6.45, 7) is 0. The predicted octanol–water partition coefficient (Wildman–Crippen LogP) is 1.95. The Labute approximate surface area is 87.4 Å². The molecule has 2 aliphatic rings. The molecule has 0 spiro atoms. The lowest BCUT2D eigenvalue weighted by atomic mass is 10.2. The molecular formula is C11H11NOS. The summed E-state index contributed by atoms with van der Waals surface area (Å²) in [5.74, 6) is 3.03. The molecule has 0 unspecified atom stereocenters. The van der Waals surface area contributed by atoms with E-state index in [1.165, 1.54) is 0 Å². The molecule has 2 atom stereocenters. The van der Waals surface area contributed by atoms with E-state index in [-0.39, 0.29) is 0 Å². The molecule has 0 bridgehead atoms. The highest BCUT2D eigenvalue weighted by Gasteiger charge is 2.35. The molecule has 14 heavy (non-hydrogen) atoms. The van der Waals surface area contributed by atoms with Gasteiger partial charge in [-0.1, -0.05) is 18.2 Å². The quantitative estimate of drug-likeness (QED) is 0.699. The van der Waals surface area contributed by atoms with Crippen molar-refractivity contribution in [2.45, 2.75) is 12.1 Å². The summed E-state index contributed by atoms with van der Waals surface area (Å²) in [5.41, 5.74) is 1.10. The Morgan fingerprint density at radius 3 is 2.86 bits per heavy atom. The molecular weight excluding hydrogens is 194 g/mol. The predicted molar refractivity (Wildman–Crippen MR) is 59.0 cm³/mol. The molecule has 0 amide bonds. The lowest BCUT2D eigenvalue weighted by molar-refractivity contribution is 0.232. The average molecular weight is 205 g/mol. The Balaban J connectivity index is 1.88. The number of rotatable bonds is 1. The molecule has 2 aliphatic heterocycles. The van der Waals surface area contributed by atoms with Crippen molar-refractivity contribution in [2.24, 2.45) is 4.99 Å². The molecule has 0 aliphatic carbocycles. The minimum Gasteiger partial charge on any atom is -0.471 e. The van der Waals surface area contributed by atoms with Gasteiger partial charge in [-0.05, 0) is 12.1 Å². The van der Waals surface area contributed by atoms with Crippen LogP contribution in [0.3, 0.4) is 0 Å². The van der Waals surface area contributed by atoms with Gasteiger partial charge in [-0.2, -0.15) is 11.8 Å². The second-order valence-electron chi connectivity index (χ2n) is 3.56. The Morgan fingerprint density at radius 2 is 2.07 bits per heavy atom. The van der Waals surface area contributed by atoms with Crippen LogP contribution >= 0.6 is 11.8 Å². The maximum Gasteiger partial charge on any atom is 0.216 e. The van der Waals surface area contributed by atoms with Gasteiger partial charge in [0, 0.05) is 17.1 Å². The molecule has 2 heterocycles. The molecule has 2 nitrogen and oxygen atoms in total. The van der Waals surface area contributed by atoms with Crippen LogP contribution in [0, 0.1) is 0 Å². The van der Waals surface area contributed by atoms with Gasteiger partial charge in [0.25, 0.3) is 0 Å². The van der Waals surface area contributed by atoms with E-state index in [0.29, 0.717) is 12.1 Å². The van der Waals surface area contributed by atoms with E-state index in [2.05, 4.69) is 4.99 Å². The molecule has 0 N–H and O–H groups in total. The van der Waals surface area contributed by atoms with Gasteiger partial charge in [0.15, 0.2) is 0 Å². The Kier molecular flexibility index (Phi) is 1.98. The zero-order chi connectivity index (χ0) is 9.38. The van der Waals surface area contributed by atoms with Crippen molar-refractivity contribution in [3.63, 3.8) is 0 Å². The number of fused-ring (bicyclic) bond motifs is 1. The van der Waals surface area contributed by atoms with Crippen molar-refractivity contribution < 1.29 is 4.74 Å². The fraction of sp³-hybridized carbons (Fsp3) is 0.364. The monoisotopic (exact) mass is 205 g/mol. The van der Waals surface area contributed by atoms with Crippen molar-refractivity contribution >= 4 is 17.7 Å². The summed E-state index contributed by atoms with van der Waals surface area (Å²) in [5, 5.41) is 0. The van der Waals surface area contributed by atoms with Crippen LogP contribution in [0.5, 0.6) is 0 Å². The van der Waals surface area contributed by atoms with Gasteiger partial charge in [0.2, 0.25) is 5.90 Å². The smallest absolute Gasteiger partial charge is 0.216 e. The highest BCUT2D eigenvalue weighted by Crippen LogP contribution is 2.29. The maximum absolute atomic E-state index is 5.80. The second-order valence-corrected chi connectivity index (χ2v) is 4.64. The normalized spacial score (nSPS) is 29.6. The molecule has 0 radical (unpaired) electrons. The van der Waals surface area contributed by atoms with E-state index >= 15 is 0 Å². The lowest BCUT2D eigenvalue weighted by Gasteiger charge is -2.07. The summed E-state index contributed by atoms with van der Waals surface area (Å²) < 4.78 is 5.80. The number of nitrogens with zero attached hydrogens (tertiary/aromatic N) is 1. The van der Waals surface area contributed by atoms with Crippen LogP contribution in [-0.2, 0) is 4.74 Å². The van der Waals surface area contributed by atoms with Crippen molar-refractivity contribution in [3.05, 3.63) is 35.9 Å². The van der Waals surface area contributed by atoms with Gasteiger partial charge in [0.05, 0.1) is 0 Å². The van der Waals surface area contributed by atoms with Crippen LogP contribution in [0.15, 0.2) is 35.3 Å². The average Bonchev–Trinajstić information content (AvgIpc) is 2.78. The summed E-state index contributed by atoms with van der Waals surface area (Å²) in [6.07, 6.45) is 0.329. The molecule has 72 valence electrons. The first-order valence-electron chi connectivity index (χ1n) is 4.81. The highest BCUT2D eigenvalue weighted by atomic mass is 32.2. The van der Waals surface area contributed by atoms with E-state index in [1.54, 1.807) is 0 Å². The number of ether oxygens (including phenoxy) is 1. The van der Waals surface area contributed by atoms with E-state index < -0.39 is 0 Å². The number of benzene rings is 1. The number of thioether (sulfide) groups is 1. The topological polar surface area (TPSA) is 21.6 Å². The van der Waals surface area contributed by atoms with E-state index in [4.69, 9.17) is 4.74 Å². The van der Waals surface area contributed by atoms with Crippen molar-refractivity contribution in [2.75, 3.05) is 11.5 Å². The molecule has 3 heteroatoms. The zero-order valence-electron chi connectivity index (χ0n) is 7.72. The minimum atomic E-state index is 0.329. The number of hydrogen-bond donors (Lipinski definition) is 0. The van der Waals surface area contributed by atoms with Crippen LogP contribution in [0.4, 0.5) is 0 Å². The fourth-order valence-corrected chi connectivity index (χ4v) is 2.99. The fourth-order valence-electron chi connectivity index (χ4n) is 1.80. The summed E-state index contributed by atoms with van der Waals surface area (Å²) in [4.78, 5) is 4.59. The molecule has 1 saturated heterocycles. The van der Waals surface area contributed by atoms with Gasteiger partial charge in [-0.25, -0.2) is 4.99 Å². The Bertz CT molecular complexity index is 363. The molecule has 1 aromatic carbocycles.